The zero-order valence-corrected chi connectivity index (χ0v) is 19.8. The Bertz CT molecular complexity index is 1430. The Morgan fingerprint density at radius 3 is 2.71 bits per heavy atom. The number of carbonyl (C=O) groups excluding carboxylic acids is 1. The molecule has 0 aliphatic carbocycles. The van der Waals surface area contributed by atoms with Crippen molar-refractivity contribution in [2.75, 3.05) is 7.11 Å². The molecule has 1 amide bonds. The third-order valence-electron chi connectivity index (χ3n) is 7.05. The van der Waals surface area contributed by atoms with E-state index in [-0.39, 0.29) is 18.0 Å². The predicted octanol–water partition coefficient (Wildman–Crippen LogP) is 4.98. The van der Waals surface area contributed by atoms with Crippen LogP contribution in [0.1, 0.15) is 46.9 Å². The molecule has 8 heteroatoms. The smallest absolute Gasteiger partial charge is 0.254 e. The molecule has 1 saturated heterocycles. The van der Waals surface area contributed by atoms with E-state index >= 15 is 0 Å². The highest BCUT2D eigenvalue weighted by molar-refractivity contribution is 6.32. The van der Waals surface area contributed by atoms with Crippen LogP contribution < -0.4 is 4.74 Å². The van der Waals surface area contributed by atoms with Crippen molar-refractivity contribution in [3.05, 3.63) is 70.6 Å². The Balaban J connectivity index is 1.40. The molecule has 2 aliphatic rings. The first-order valence-electron chi connectivity index (χ1n) is 11.5. The van der Waals surface area contributed by atoms with Gasteiger partial charge in [-0.15, -0.1) is 0 Å². The Labute approximate surface area is 202 Å². The third-order valence-corrected chi connectivity index (χ3v) is 7.35. The molecule has 2 aromatic heterocycles. The lowest BCUT2D eigenvalue weighted by Gasteiger charge is -2.45. The van der Waals surface area contributed by atoms with Gasteiger partial charge in [-0.3, -0.25) is 19.4 Å². The van der Waals surface area contributed by atoms with Gasteiger partial charge in [0.2, 0.25) is 0 Å². The number of hydrogen-bond donors (Lipinski definition) is 0. The van der Waals surface area contributed by atoms with E-state index in [2.05, 4.69) is 14.9 Å². The van der Waals surface area contributed by atoms with E-state index in [0.717, 1.165) is 53.7 Å². The Hall–Kier alpha value is -3.45. The summed E-state index contributed by atoms with van der Waals surface area (Å²) in [6.45, 7) is 0. The van der Waals surface area contributed by atoms with Gasteiger partial charge in [-0.2, -0.15) is 5.10 Å². The van der Waals surface area contributed by atoms with Crippen molar-refractivity contribution in [3.63, 3.8) is 0 Å². The predicted molar refractivity (Wildman–Crippen MR) is 130 cm³/mol. The van der Waals surface area contributed by atoms with Crippen LogP contribution >= 0.6 is 11.6 Å². The molecule has 2 bridgehead atoms. The van der Waals surface area contributed by atoms with Crippen LogP contribution in [0, 0.1) is 0 Å². The summed E-state index contributed by atoms with van der Waals surface area (Å²) in [7, 11) is 3.58. The minimum absolute atomic E-state index is 0.0348. The lowest BCUT2D eigenvalue weighted by atomic mass is 9.81. The number of ether oxygens (including phenoxy) is 1. The minimum atomic E-state index is -0.0405. The molecule has 2 atom stereocenters. The number of aryl methyl sites for hydroxylation is 1. The Morgan fingerprint density at radius 1 is 1.09 bits per heavy atom. The molecule has 0 spiro atoms. The van der Waals surface area contributed by atoms with Crippen LogP contribution in [0.2, 0.25) is 5.02 Å². The second-order valence-corrected chi connectivity index (χ2v) is 9.37. The molecule has 4 aromatic rings. The minimum Gasteiger partial charge on any atom is -0.495 e. The summed E-state index contributed by atoms with van der Waals surface area (Å²) in [4.78, 5) is 24.5. The topological polar surface area (TPSA) is 73.1 Å². The summed E-state index contributed by atoms with van der Waals surface area (Å²) in [6.07, 6.45) is 7.06. The number of halogens is 1. The summed E-state index contributed by atoms with van der Waals surface area (Å²) >= 11 is 6.43. The fraction of sp³-hybridized carbons (Fsp3) is 0.308. The third kappa shape index (κ3) is 3.26. The molecule has 0 radical (unpaired) electrons. The Morgan fingerprint density at radius 2 is 1.91 bits per heavy atom. The summed E-state index contributed by atoms with van der Waals surface area (Å²) in [5.74, 6) is 0.683. The van der Waals surface area contributed by atoms with Crippen LogP contribution in [0.3, 0.4) is 0 Å². The number of benzene rings is 2. The van der Waals surface area contributed by atoms with Crippen LogP contribution in [0.25, 0.3) is 22.3 Å². The van der Waals surface area contributed by atoms with Crippen LogP contribution in [0.15, 0.2) is 48.8 Å². The molecule has 2 aliphatic heterocycles. The van der Waals surface area contributed by atoms with Crippen molar-refractivity contribution in [1.29, 1.82) is 0 Å². The molecule has 0 N–H and O–H groups in total. The zero-order valence-electron chi connectivity index (χ0n) is 19.0. The SMILES string of the molecule is COc1ccc(-c2c3c(nn2C)[C@H]2CCC[C@@H](C3)N2C(=O)c2ccc3nccnc3c2)cc1Cl. The largest absolute Gasteiger partial charge is 0.495 e. The van der Waals surface area contributed by atoms with Gasteiger partial charge in [-0.25, -0.2) is 0 Å². The second-order valence-electron chi connectivity index (χ2n) is 8.96. The molecule has 7 nitrogen and oxygen atoms in total. The maximum Gasteiger partial charge on any atom is 0.254 e. The standard InChI is InChI=1S/C26H24ClN5O2/c1-31-25(15-7-9-23(34-2)19(27)12-15)18-14-17-4-3-5-22(24(18)30-31)32(17)26(33)16-6-8-20-21(13-16)29-11-10-28-20/h6-13,17,22H,3-5,14H2,1-2H3/t17-,22+/m0/s1. The number of carbonyl (C=O) groups is 1. The van der Waals surface area contributed by atoms with Gasteiger partial charge in [-0.1, -0.05) is 11.6 Å². The average molecular weight is 474 g/mol. The summed E-state index contributed by atoms with van der Waals surface area (Å²) < 4.78 is 7.25. The monoisotopic (exact) mass is 473 g/mol. The number of hydrogen-bond acceptors (Lipinski definition) is 5. The van der Waals surface area contributed by atoms with E-state index in [9.17, 15) is 4.79 Å². The number of nitrogens with zero attached hydrogens (tertiary/aromatic N) is 5. The van der Waals surface area contributed by atoms with Gasteiger partial charge in [0, 0.05) is 42.2 Å². The number of fused-ring (bicyclic) bond motifs is 5. The molecular formula is C26H24ClN5O2. The molecule has 172 valence electrons. The second kappa shape index (κ2) is 8.09. The van der Waals surface area contributed by atoms with Crippen molar-refractivity contribution in [3.8, 4) is 17.0 Å². The first-order chi connectivity index (χ1) is 16.5. The normalized spacial score (nSPS) is 19.2. The van der Waals surface area contributed by atoms with Gasteiger partial charge in [-0.05, 0) is 62.1 Å². The summed E-state index contributed by atoms with van der Waals surface area (Å²) in [5, 5.41) is 5.49. The molecular weight excluding hydrogens is 450 g/mol. The molecule has 6 rings (SSSR count). The highest BCUT2D eigenvalue weighted by Crippen LogP contribution is 2.45. The van der Waals surface area contributed by atoms with E-state index in [1.54, 1.807) is 19.5 Å². The van der Waals surface area contributed by atoms with Crippen LogP contribution in [0.4, 0.5) is 0 Å². The van der Waals surface area contributed by atoms with E-state index in [0.29, 0.717) is 16.3 Å². The van der Waals surface area contributed by atoms with Crippen molar-refractivity contribution < 1.29 is 9.53 Å². The van der Waals surface area contributed by atoms with Crippen LogP contribution in [-0.4, -0.2) is 43.7 Å². The van der Waals surface area contributed by atoms with Crippen LogP contribution in [0.5, 0.6) is 5.75 Å². The van der Waals surface area contributed by atoms with Gasteiger partial charge in [0.15, 0.2) is 0 Å². The first-order valence-corrected chi connectivity index (χ1v) is 11.9. The quantitative estimate of drug-likeness (QED) is 0.419. The van der Waals surface area contributed by atoms with Gasteiger partial charge in [0.05, 0.1) is 40.6 Å². The van der Waals surface area contributed by atoms with Crippen molar-refractivity contribution >= 4 is 28.5 Å². The first kappa shape index (κ1) is 21.1. The maximum absolute atomic E-state index is 13.8. The zero-order chi connectivity index (χ0) is 23.4. The van der Waals surface area contributed by atoms with E-state index in [4.69, 9.17) is 21.4 Å². The van der Waals surface area contributed by atoms with Crippen molar-refractivity contribution in [1.82, 2.24) is 24.6 Å². The van der Waals surface area contributed by atoms with Crippen LogP contribution in [-0.2, 0) is 13.5 Å². The van der Waals surface area contributed by atoms with Gasteiger partial charge in [0.1, 0.15) is 5.75 Å². The van der Waals surface area contributed by atoms with E-state index in [1.807, 2.05) is 48.1 Å². The summed E-state index contributed by atoms with van der Waals surface area (Å²) in [5.41, 5.74) is 6.44. The van der Waals surface area contributed by atoms with Gasteiger partial charge in [0.25, 0.3) is 5.91 Å². The number of amides is 1. The maximum atomic E-state index is 13.8. The number of aromatic nitrogens is 4. The highest BCUT2D eigenvalue weighted by atomic mass is 35.5. The van der Waals surface area contributed by atoms with Gasteiger partial charge < -0.3 is 9.64 Å². The van der Waals surface area contributed by atoms with Gasteiger partial charge >= 0.3 is 0 Å². The molecule has 34 heavy (non-hydrogen) atoms. The summed E-state index contributed by atoms with van der Waals surface area (Å²) in [6, 6.07) is 11.5. The fourth-order valence-electron chi connectivity index (χ4n) is 5.57. The van der Waals surface area contributed by atoms with Crippen molar-refractivity contribution in [2.24, 2.45) is 7.05 Å². The molecule has 0 saturated carbocycles. The number of methoxy groups -OCH3 is 1. The van der Waals surface area contributed by atoms with Crippen molar-refractivity contribution in [2.45, 2.75) is 37.8 Å². The number of piperidine rings is 1. The molecule has 0 unspecified atom stereocenters. The van der Waals surface area contributed by atoms with E-state index < -0.39 is 0 Å². The molecule has 1 fully saturated rings. The lowest BCUT2D eigenvalue weighted by Crippen LogP contribution is -2.49. The molecule has 2 aromatic carbocycles. The van der Waals surface area contributed by atoms with E-state index in [1.165, 1.54) is 5.56 Å². The number of rotatable bonds is 3. The molecule has 4 heterocycles. The lowest BCUT2D eigenvalue weighted by molar-refractivity contribution is 0.0392. The highest BCUT2D eigenvalue weighted by Gasteiger charge is 2.43. The Kier molecular flexibility index (Phi) is 5.03. The average Bonchev–Trinajstić information content (AvgIpc) is 3.18. The fourth-order valence-corrected chi connectivity index (χ4v) is 5.83.